The molecule has 1 aliphatic rings. The second kappa shape index (κ2) is 3.06. The Bertz CT molecular complexity index is 128. The summed E-state index contributed by atoms with van der Waals surface area (Å²) in [6, 6.07) is -0.273. The van der Waals surface area contributed by atoms with Crippen LogP contribution in [0.5, 0.6) is 0 Å². The van der Waals surface area contributed by atoms with Crippen molar-refractivity contribution in [2.45, 2.75) is 31.3 Å². The van der Waals surface area contributed by atoms with E-state index < -0.39 is 18.3 Å². The summed E-state index contributed by atoms with van der Waals surface area (Å²) in [6.07, 6.45) is -2.03. The number of ether oxygens (including phenoxy) is 1. The van der Waals surface area contributed by atoms with Gasteiger partial charge >= 0.3 is 0 Å². The van der Waals surface area contributed by atoms with E-state index in [0.717, 1.165) is 0 Å². The van der Waals surface area contributed by atoms with E-state index in [4.69, 9.17) is 10.5 Å². The molecule has 1 aliphatic carbocycles. The molecule has 66 valence electrons. The lowest BCUT2D eigenvalue weighted by Crippen LogP contribution is -2.39. The minimum atomic E-state index is -0.843. The van der Waals surface area contributed by atoms with E-state index >= 15 is 0 Å². The summed E-state index contributed by atoms with van der Waals surface area (Å²) in [7, 11) is 1.48. The highest BCUT2D eigenvalue weighted by Gasteiger charge is 2.45. The van der Waals surface area contributed by atoms with E-state index in [1.165, 1.54) is 7.11 Å². The first-order chi connectivity index (χ1) is 5.09. The second-order valence-electron chi connectivity index (χ2n) is 3.12. The Morgan fingerprint density at radius 2 is 1.82 bits per heavy atom. The lowest BCUT2D eigenvalue weighted by atomic mass is 10.1. The highest BCUT2D eigenvalue weighted by atomic mass is 16.5. The van der Waals surface area contributed by atoms with Gasteiger partial charge in [0.1, 0.15) is 12.2 Å². The zero-order chi connectivity index (χ0) is 8.59. The molecule has 11 heavy (non-hydrogen) atoms. The SMILES string of the molecule is CO[C@@H]1[C@@H](N)[C@H](C)[C@@H](O)[C@H]1O. The van der Waals surface area contributed by atoms with Crippen LogP contribution in [0.3, 0.4) is 0 Å². The van der Waals surface area contributed by atoms with Gasteiger partial charge in [0.05, 0.1) is 6.10 Å². The fourth-order valence-electron chi connectivity index (χ4n) is 1.56. The Morgan fingerprint density at radius 3 is 2.00 bits per heavy atom. The molecule has 0 aromatic rings. The molecule has 0 aromatic carbocycles. The second-order valence-corrected chi connectivity index (χ2v) is 3.12. The molecule has 1 rings (SSSR count). The van der Waals surface area contributed by atoms with E-state index in [9.17, 15) is 10.2 Å². The first-order valence-corrected chi connectivity index (χ1v) is 3.74. The molecule has 1 fully saturated rings. The van der Waals surface area contributed by atoms with Gasteiger partial charge in [-0.25, -0.2) is 0 Å². The molecule has 4 heteroatoms. The van der Waals surface area contributed by atoms with Gasteiger partial charge in [0.15, 0.2) is 0 Å². The predicted octanol–water partition coefficient (Wildman–Crippen LogP) is -1.30. The van der Waals surface area contributed by atoms with Gasteiger partial charge in [-0.1, -0.05) is 6.92 Å². The van der Waals surface area contributed by atoms with Crippen LogP contribution in [-0.2, 0) is 4.74 Å². The van der Waals surface area contributed by atoms with Crippen molar-refractivity contribution in [2.75, 3.05) is 7.11 Å². The third-order valence-electron chi connectivity index (χ3n) is 2.48. The molecule has 0 aliphatic heterocycles. The molecular formula is C7H15NO3. The smallest absolute Gasteiger partial charge is 0.108 e. The highest BCUT2D eigenvalue weighted by Crippen LogP contribution is 2.26. The van der Waals surface area contributed by atoms with Crippen molar-refractivity contribution in [2.24, 2.45) is 11.7 Å². The first-order valence-electron chi connectivity index (χ1n) is 3.74. The van der Waals surface area contributed by atoms with Crippen LogP contribution in [0.4, 0.5) is 0 Å². The average Bonchev–Trinajstić information content (AvgIpc) is 2.17. The summed E-state index contributed by atoms with van der Waals surface area (Å²) in [5, 5.41) is 18.7. The zero-order valence-electron chi connectivity index (χ0n) is 6.77. The molecule has 4 nitrogen and oxygen atoms in total. The standard InChI is InChI=1S/C7H15NO3/c1-3-4(8)7(11-2)6(10)5(3)9/h3-7,9-10H,8H2,1-2H3/t3-,4-,5+,6+,7+/m0/s1. The fourth-order valence-corrected chi connectivity index (χ4v) is 1.56. The Kier molecular flexibility index (Phi) is 2.49. The number of aliphatic hydroxyl groups is 2. The van der Waals surface area contributed by atoms with Crippen molar-refractivity contribution >= 4 is 0 Å². The maximum Gasteiger partial charge on any atom is 0.108 e. The van der Waals surface area contributed by atoms with E-state index in [0.29, 0.717) is 0 Å². The average molecular weight is 161 g/mol. The maximum absolute atomic E-state index is 9.34. The van der Waals surface area contributed by atoms with Crippen LogP contribution in [-0.4, -0.2) is 41.7 Å². The van der Waals surface area contributed by atoms with Crippen LogP contribution in [0.2, 0.25) is 0 Å². The van der Waals surface area contributed by atoms with Crippen molar-refractivity contribution in [1.29, 1.82) is 0 Å². The van der Waals surface area contributed by atoms with Crippen LogP contribution in [0.15, 0.2) is 0 Å². The van der Waals surface area contributed by atoms with Crippen LogP contribution >= 0.6 is 0 Å². The molecule has 4 N–H and O–H groups in total. The van der Waals surface area contributed by atoms with Gasteiger partial charge in [0.2, 0.25) is 0 Å². The van der Waals surface area contributed by atoms with Gasteiger partial charge in [-0.15, -0.1) is 0 Å². The Hall–Kier alpha value is -0.160. The van der Waals surface area contributed by atoms with E-state index in [1.807, 2.05) is 0 Å². The van der Waals surface area contributed by atoms with Crippen LogP contribution in [0, 0.1) is 5.92 Å². The molecule has 0 aromatic heterocycles. The van der Waals surface area contributed by atoms with Crippen LogP contribution in [0.25, 0.3) is 0 Å². The Labute approximate surface area is 66.0 Å². The van der Waals surface area contributed by atoms with Crippen LogP contribution in [0.1, 0.15) is 6.92 Å². The van der Waals surface area contributed by atoms with Crippen LogP contribution < -0.4 is 5.73 Å². The Morgan fingerprint density at radius 1 is 1.27 bits per heavy atom. The summed E-state index contributed by atoms with van der Waals surface area (Å²) in [6.45, 7) is 1.80. The number of methoxy groups -OCH3 is 1. The molecule has 0 unspecified atom stereocenters. The molecule has 5 atom stereocenters. The predicted molar refractivity (Wildman–Crippen MR) is 40.0 cm³/mol. The molecule has 0 amide bonds. The van der Waals surface area contributed by atoms with Crippen molar-refractivity contribution in [1.82, 2.24) is 0 Å². The summed E-state index contributed by atoms with van der Waals surface area (Å²) < 4.78 is 4.94. The molecule has 0 saturated heterocycles. The van der Waals surface area contributed by atoms with Crippen molar-refractivity contribution in [3.8, 4) is 0 Å². The zero-order valence-corrected chi connectivity index (χ0v) is 6.77. The van der Waals surface area contributed by atoms with E-state index in [-0.39, 0.29) is 12.0 Å². The first kappa shape index (κ1) is 8.93. The summed E-state index contributed by atoms with van der Waals surface area (Å²) >= 11 is 0. The molecule has 0 spiro atoms. The number of aliphatic hydroxyl groups excluding tert-OH is 2. The highest BCUT2D eigenvalue weighted by molar-refractivity contribution is 4.99. The van der Waals surface area contributed by atoms with Gasteiger partial charge in [-0.2, -0.15) is 0 Å². The largest absolute Gasteiger partial charge is 0.390 e. The van der Waals surface area contributed by atoms with Gasteiger partial charge in [-0.3, -0.25) is 0 Å². The molecule has 0 heterocycles. The Balaban J connectivity index is 2.69. The van der Waals surface area contributed by atoms with E-state index in [1.54, 1.807) is 6.92 Å². The maximum atomic E-state index is 9.34. The van der Waals surface area contributed by atoms with Gasteiger partial charge in [-0.05, 0) is 0 Å². The number of rotatable bonds is 1. The topological polar surface area (TPSA) is 75.7 Å². The van der Waals surface area contributed by atoms with Crippen molar-refractivity contribution in [3.63, 3.8) is 0 Å². The monoisotopic (exact) mass is 161 g/mol. The molecular weight excluding hydrogens is 146 g/mol. The van der Waals surface area contributed by atoms with Gasteiger partial charge in [0.25, 0.3) is 0 Å². The van der Waals surface area contributed by atoms with Gasteiger partial charge in [0, 0.05) is 19.1 Å². The van der Waals surface area contributed by atoms with Gasteiger partial charge < -0.3 is 20.7 Å². The van der Waals surface area contributed by atoms with Crippen molar-refractivity contribution < 1.29 is 14.9 Å². The number of hydrogen-bond donors (Lipinski definition) is 3. The minimum Gasteiger partial charge on any atom is -0.390 e. The third kappa shape index (κ3) is 1.27. The normalized spacial score (nSPS) is 51.5. The molecule has 0 bridgehead atoms. The number of hydrogen-bond acceptors (Lipinski definition) is 4. The lowest BCUT2D eigenvalue weighted by Gasteiger charge is -2.17. The quantitative estimate of drug-likeness (QED) is 0.447. The number of nitrogens with two attached hydrogens (primary N) is 1. The van der Waals surface area contributed by atoms with E-state index in [2.05, 4.69) is 0 Å². The summed E-state index contributed by atoms with van der Waals surface area (Å²) in [5.41, 5.74) is 5.67. The van der Waals surface area contributed by atoms with Crippen molar-refractivity contribution in [3.05, 3.63) is 0 Å². The summed E-state index contributed by atoms with van der Waals surface area (Å²) in [5.74, 6) is -0.102. The third-order valence-corrected chi connectivity index (χ3v) is 2.48. The minimum absolute atomic E-state index is 0.102. The lowest BCUT2D eigenvalue weighted by molar-refractivity contribution is -0.0425. The summed E-state index contributed by atoms with van der Waals surface area (Å²) in [4.78, 5) is 0. The molecule has 0 radical (unpaired) electrons. The molecule has 1 saturated carbocycles. The fraction of sp³-hybridized carbons (Fsp3) is 1.00.